The molecule has 1 fully saturated rings. The zero-order valence-electron chi connectivity index (χ0n) is 14.2. The molecule has 1 amide bonds. The molecule has 2 aromatic rings. The van der Waals surface area contributed by atoms with Crippen molar-refractivity contribution in [3.63, 3.8) is 0 Å². The number of hydrogen-bond acceptors (Lipinski definition) is 5. The monoisotopic (exact) mass is 369 g/mol. The largest absolute Gasteiger partial charge is 0.378 e. The van der Waals surface area contributed by atoms with Crippen LogP contribution in [-0.2, 0) is 14.9 Å². The molecule has 1 unspecified atom stereocenters. The lowest BCUT2D eigenvalue weighted by Crippen LogP contribution is -2.43. The second-order valence-electron chi connectivity index (χ2n) is 6.93. The van der Waals surface area contributed by atoms with Gasteiger partial charge in [-0.2, -0.15) is 0 Å². The summed E-state index contributed by atoms with van der Waals surface area (Å²) in [5.74, 6) is 0.00732. The van der Waals surface area contributed by atoms with Gasteiger partial charge in [-0.15, -0.1) is 23.7 Å². The van der Waals surface area contributed by atoms with Crippen molar-refractivity contribution in [2.45, 2.75) is 38.6 Å². The first-order chi connectivity index (χ1) is 10.9. The van der Waals surface area contributed by atoms with Gasteiger partial charge in [-0.3, -0.25) is 4.79 Å². The number of carbonyl (C=O) groups excluding carboxylic acids is 1. The van der Waals surface area contributed by atoms with E-state index in [0.717, 1.165) is 34.1 Å². The number of aromatic nitrogens is 1. The van der Waals surface area contributed by atoms with E-state index in [4.69, 9.17) is 4.74 Å². The minimum absolute atomic E-state index is 0. The van der Waals surface area contributed by atoms with Gasteiger partial charge in [-0.1, -0.05) is 20.8 Å². The van der Waals surface area contributed by atoms with Gasteiger partial charge in [0.15, 0.2) is 0 Å². The molecule has 3 rings (SSSR count). The molecule has 1 atom stereocenters. The first kappa shape index (κ1) is 19.1. The van der Waals surface area contributed by atoms with E-state index in [1.165, 1.54) is 0 Å². The summed E-state index contributed by atoms with van der Waals surface area (Å²) in [6.45, 7) is 8.60. The van der Waals surface area contributed by atoms with Crippen LogP contribution in [0, 0.1) is 0 Å². The Morgan fingerprint density at radius 2 is 2.25 bits per heavy atom. The Labute approximate surface area is 152 Å². The van der Waals surface area contributed by atoms with Gasteiger partial charge in [-0.25, -0.2) is 4.98 Å². The van der Waals surface area contributed by atoms with E-state index in [2.05, 4.69) is 36.4 Å². The van der Waals surface area contributed by atoms with Crippen LogP contribution in [0.5, 0.6) is 0 Å². The predicted octanol–water partition coefficient (Wildman–Crippen LogP) is 3.33. The molecule has 0 aliphatic carbocycles. The van der Waals surface area contributed by atoms with Crippen LogP contribution in [0.3, 0.4) is 0 Å². The number of hydrogen-bond donors (Lipinski definition) is 2. The van der Waals surface area contributed by atoms with Crippen molar-refractivity contribution in [1.29, 1.82) is 0 Å². The first-order valence-corrected chi connectivity index (χ1v) is 8.75. The van der Waals surface area contributed by atoms with Crippen LogP contribution in [0.4, 0.5) is 5.69 Å². The number of amides is 1. The topological polar surface area (TPSA) is 63.2 Å². The van der Waals surface area contributed by atoms with Gasteiger partial charge in [-0.05, 0) is 18.2 Å². The summed E-state index contributed by atoms with van der Waals surface area (Å²) < 4.78 is 6.48. The van der Waals surface area contributed by atoms with Crippen molar-refractivity contribution in [3.05, 3.63) is 23.2 Å². The summed E-state index contributed by atoms with van der Waals surface area (Å²) >= 11 is 1.69. The van der Waals surface area contributed by atoms with Crippen LogP contribution >= 0.6 is 23.7 Å². The molecule has 2 N–H and O–H groups in total. The molecule has 0 bridgehead atoms. The van der Waals surface area contributed by atoms with E-state index in [0.29, 0.717) is 13.0 Å². The maximum absolute atomic E-state index is 12.2. The molecule has 0 saturated carbocycles. The molecule has 0 spiro atoms. The molecule has 1 aliphatic heterocycles. The number of thiazole rings is 1. The predicted molar refractivity (Wildman–Crippen MR) is 101 cm³/mol. The van der Waals surface area contributed by atoms with E-state index in [-0.39, 0.29) is 29.8 Å². The van der Waals surface area contributed by atoms with Gasteiger partial charge in [0.05, 0.1) is 28.4 Å². The molecule has 7 heteroatoms. The van der Waals surface area contributed by atoms with Crippen LogP contribution in [0.2, 0.25) is 0 Å². The molecule has 0 radical (unpaired) electrons. The fourth-order valence-electron chi connectivity index (χ4n) is 2.51. The van der Waals surface area contributed by atoms with E-state index in [1.807, 2.05) is 18.2 Å². The number of halogens is 1. The van der Waals surface area contributed by atoms with Crippen LogP contribution in [-0.4, -0.2) is 36.7 Å². The highest BCUT2D eigenvalue weighted by atomic mass is 35.5. The van der Waals surface area contributed by atoms with Gasteiger partial charge in [0.25, 0.3) is 0 Å². The molecular weight excluding hydrogens is 346 g/mol. The average molecular weight is 370 g/mol. The summed E-state index contributed by atoms with van der Waals surface area (Å²) in [4.78, 5) is 16.8. The van der Waals surface area contributed by atoms with Crippen molar-refractivity contribution in [2.24, 2.45) is 0 Å². The van der Waals surface area contributed by atoms with E-state index in [1.54, 1.807) is 11.3 Å². The summed E-state index contributed by atoms with van der Waals surface area (Å²) in [5, 5.41) is 7.38. The minimum atomic E-state index is 0. The van der Waals surface area contributed by atoms with E-state index in [9.17, 15) is 4.79 Å². The number of carbonyl (C=O) groups is 1. The van der Waals surface area contributed by atoms with Gasteiger partial charge in [0.2, 0.25) is 5.91 Å². The fraction of sp³-hybridized carbons (Fsp3) is 0.529. The van der Waals surface area contributed by atoms with Crippen molar-refractivity contribution >= 4 is 45.6 Å². The molecule has 5 nitrogen and oxygen atoms in total. The van der Waals surface area contributed by atoms with Crippen molar-refractivity contribution in [2.75, 3.05) is 25.1 Å². The molecule has 132 valence electrons. The van der Waals surface area contributed by atoms with Crippen molar-refractivity contribution in [3.8, 4) is 0 Å². The Morgan fingerprint density at radius 3 is 2.92 bits per heavy atom. The Hall–Kier alpha value is -1.21. The van der Waals surface area contributed by atoms with Gasteiger partial charge in [0.1, 0.15) is 0 Å². The maximum atomic E-state index is 12.2. The molecular formula is C17H24ClN3O2S. The normalized spacial score (nSPS) is 18.2. The van der Waals surface area contributed by atoms with Gasteiger partial charge in [0, 0.05) is 30.1 Å². The molecule has 1 aromatic carbocycles. The number of benzene rings is 1. The highest BCUT2D eigenvalue weighted by molar-refractivity contribution is 7.18. The second kappa shape index (κ2) is 7.78. The fourth-order valence-corrected chi connectivity index (χ4v) is 3.57. The second-order valence-corrected chi connectivity index (χ2v) is 7.96. The Balaban J connectivity index is 0.00000208. The SMILES string of the molecule is CC(C)(C)c1nc2ccc(NC(=O)CC3COCCN3)cc2s1.Cl. The zero-order valence-corrected chi connectivity index (χ0v) is 15.9. The number of nitrogens with zero attached hydrogens (tertiary/aromatic N) is 1. The molecule has 1 aliphatic rings. The van der Waals surface area contributed by atoms with E-state index < -0.39 is 0 Å². The zero-order chi connectivity index (χ0) is 16.4. The van der Waals surface area contributed by atoms with E-state index >= 15 is 0 Å². The van der Waals surface area contributed by atoms with Crippen molar-refractivity contribution in [1.82, 2.24) is 10.3 Å². The Morgan fingerprint density at radius 1 is 1.46 bits per heavy atom. The highest BCUT2D eigenvalue weighted by Gasteiger charge is 2.19. The molecule has 1 aromatic heterocycles. The molecule has 24 heavy (non-hydrogen) atoms. The smallest absolute Gasteiger partial charge is 0.226 e. The summed E-state index contributed by atoms with van der Waals surface area (Å²) in [5.41, 5.74) is 1.85. The summed E-state index contributed by atoms with van der Waals surface area (Å²) in [6.07, 6.45) is 0.425. The minimum Gasteiger partial charge on any atom is -0.378 e. The number of nitrogens with one attached hydrogen (secondary N) is 2. The average Bonchev–Trinajstić information content (AvgIpc) is 2.91. The Kier molecular flexibility index (Phi) is 6.20. The van der Waals surface area contributed by atoms with Crippen molar-refractivity contribution < 1.29 is 9.53 Å². The third-order valence-electron chi connectivity index (χ3n) is 3.74. The number of anilines is 1. The number of ether oxygens (including phenoxy) is 1. The first-order valence-electron chi connectivity index (χ1n) is 7.94. The van der Waals surface area contributed by atoms with Gasteiger partial charge < -0.3 is 15.4 Å². The van der Waals surface area contributed by atoms with Crippen LogP contribution in [0.15, 0.2) is 18.2 Å². The quantitative estimate of drug-likeness (QED) is 0.871. The number of morpholine rings is 1. The third-order valence-corrected chi connectivity index (χ3v) is 5.19. The lowest BCUT2D eigenvalue weighted by Gasteiger charge is -2.23. The number of rotatable bonds is 3. The van der Waals surface area contributed by atoms with Crippen LogP contribution in [0.25, 0.3) is 10.2 Å². The summed E-state index contributed by atoms with van der Waals surface area (Å²) in [6, 6.07) is 5.99. The number of fused-ring (bicyclic) bond motifs is 1. The lowest BCUT2D eigenvalue weighted by molar-refractivity contribution is -0.117. The standard InChI is InChI=1S/C17H23N3O2S.ClH/c1-17(2,3)16-20-13-5-4-11(8-14(13)23-16)19-15(21)9-12-10-22-7-6-18-12;/h4-5,8,12,18H,6-7,9-10H2,1-3H3,(H,19,21);1H. The summed E-state index contributed by atoms with van der Waals surface area (Å²) in [7, 11) is 0. The maximum Gasteiger partial charge on any atom is 0.226 e. The van der Waals surface area contributed by atoms with Crippen LogP contribution in [0.1, 0.15) is 32.2 Å². The third kappa shape index (κ3) is 4.66. The highest BCUT2D eigenvalue weighted by Crippen LogP contribution is 2.32. The van der Waals surface area contributed by atoms with Crippen LogP contribution < -0.4 is 10.6 Å². The molecule has 1 saturated heterocycles. The molecule has 2 heterocycles. The van der Waals surface area contributed by atoms with Gasteiger partial charge >= 0.3 is 0 Å². The lowest BCUT2D eigenvalue weighted by atomic mass is 9.98. The Bertz CT molecular complexity index is 705.